The van der Waals surface area contributed by atoms with E-state index in [0.717, 1.165) is 0 Å². The lowest BCUT2D eigenvalue weighted by atomic mass is 10.2. The maximum atomic E-state index is 10.0. The quantitative estimate of drug-likeness (QED) is 0.650. The van der Waals surface area contributed by atoms with E-state index in [-0.39, 0.29) is 0 Å². The molecule has 0 aliphatic heterocycles. The number of hydrogen-bond acceptors (Lipinski definition) is 3. The van der Waals surface area contributed by atoms with Crippen molar-refractivity contribution in [2.75, 3.05) is 5.32 Å². The van der Waals surface area contributed by atoms with Crippen molar-refractivity contribution in [3.05, 3.63) is 24.0 Å². The summed E-state index contributed by atoms with van der Waals surface area (Å²) in [7, 11) is 0. The van der Waals surface area contributed by atoms with Crippen LogP contribution in [0.5, 0.6) is 0 Å². The minimum Gasteiger partial charge on any atom is -0.387 e. The van der Waals surface area contributed by atoms with Crippen molar-refractivity contribution in [2.24, 2.45) is 0 Å². The highest BCUT2D eigenvalue weighted by Gasteiger charge is 2.00. The van der Waals surface area contributed by atoms with Crippen LogP contribution in [0.4, 0.5) is 5.69 Å². The Balaban J connectivity index is 2.78. The van der Waals surface area contributed by atoms with E-state index in [2.05, 4.69) is 10.3 Å². The van der Waals surface area contributed by atoms with Crippen molar-refractivity contribution in [3.63, 3.8) is 0 Å². The first kappa shape index (κ1) is 8.67. The van der Waals surface area contributed by atoms with Crippen LogP contribution in [0.15, 0.2) is 18.3 Å². The summed E-state index contributed by atoms with van der Waals surface area (Å²) in [5, 5.41) is 11.5. The zero-order valence-corrected chi connectivity index (χ0v) is 6.69. The summed E-state index contributed by atoms with van der Waals surface area (Å²) in [5.74, 6) is 0. The Bertz CT molecular complexity index is 256. The molecule has 1 amide bonds. The van der Waals surface area contributed by atoms with Gasteiger partial charge in [-0.05, 0) is 19.1 Å². The van der Waals surface area contributed by atoms with Crippen LogP contribution in [0.3, 0.4) is 0 Å². The van der Waals surface area contributed by atoms with Gasteiger partial charge in [0, 0.05) is 0 Å². The molecule has 1 rings (SSSR count). The molecule has 1 atom stereocenters. The van der Waals surface area contributed by atoms with Crippen molar-refractivity contribution >= 4 is 12.1 Å². The van der Waals surface area contributed by atoms with Gasteiger partial charge in [-0.15, -0.1) is 0 Å². The van der Waals surface area contributed by atoms with Gasteiger partial charge in [-0.3, -0.25) is 9.78 Å². The molecular formula is C8H10N2O2. The van der Waals surface area contributed by atoms with Crippen molar-refractivity contribution in [1.29, 1.82) is 0 Å². The molecule has 0 fully saturated rings. The molecule has 0 aliphatic rings. The first-order valence-corrected chi connectivity index (χ1v) is 3.58. The summed E-state index contributed by atoms with van der Waals surface area (Å²) in [6, 6.07) is 3.35. The zero-order chi connectivity index (χ0) is 8.97. The molecule has 0 aliphatic carbocycles. The van der Waals surface area contributed by atoms with E-state index in [1.165, 1.54) is 6.20 Å². The van der Waals surface area contributed by atoms with Crippen LogP contribution in [0.1, 0.15) is 18.7 Å². The topological polar surface area (TPSA) is 62.2 Å². The molecule has 1 heterocycles. The molecule has 2 N–H and O–H groups in total. The number of nitrogens with one attached hydrogen (secondary N) is 1. The second-order valence-corrected chi connectivity index (χ2v) is 2.41. The number of nitrogens with zero attached hydrogens (tertiary/aromatic N) is 1. The van der Waals surface area contributed by atoms with Crippen molar-refractivity contribution in [3.8, 4) is 0 Å². The van der Waals surface area contributed by atoms with E-state index in [4.69, 9.17) is 5.11 Å². The third-order valence-electron chi connectivity index (χ3n) is 1.44. The van der Waals surface area contributed by atoms with E-state index < -0.39 is 6.10 Å². The monoisotopic (exact) mass is 166 g/mol. The predicted octanol–water partition coefficient (Wildman–Crippen LogP) is 0.703. The lowest BCUT2D eigenvalue weighted by molar-refractivity contribution is -0.105. The lowest BCUT2D eigenvalue weighted by Crippen LogP contribution is -1.98. The van der Waals surface area contributed by atoms with Gasteiger partial charge in [0.2, 0.25) is 6.41 Å². The van der Waals surface area contributed by atoms with E-state index in [0.29, 0.717) is 17.8 Å². The Morgan fingerprint density at radius 1 is 1.67 bits per heavy atom. The molecule has 0 saturated carbocycles. The number of carbonyl (C=O) groups excluding carboxylic acids is 1. The highest BCUT2D eigenvalue weighted by atomic mass is 16.3. The molecule has 4 nitrogen and oxygen atoms in total. The summed E-state index contributed by atoms with van der Waals surface area (Å²) in [6.07, 6.45) is 1.51. The van der Waals surface area contributed by atoms with Crippen molar-refractivity contribution < 1.29 is 9.90 Å². The maximum absolute atomic E-state index is 10.0. The molecule has 4 heteroatoms. The van der Waals surface area contributed by atoms with Gasteiger partial charge >= 0.3 is 0 Å². The Kier molecular flexibility index (Phi) is 2.76. The van der Waals surface area contributed by atoms with Gasteiger partial charge in [-0.25, -0.2) is 0 Å². The fourth-order valence-electron chi connectivity index (χ4n) is 0.806. The largest absolute Gasteiger partial charge is 0.387 e. The van der Waals surface area contributed by atoms with Crippen molar-refractivity contribution in [1.82, 2.24) is 4.98 Å². The Morgan fingerprint density at radius 2 is 2.42 bits per heavy atom. The summed E-state index contributed by atoms with van der Waals surface area (Å²) in [5.41, 5.74) is 1.21. The molecule has 0 saturated heterocycles. The number of aliphatic hydroxyl groups is 1. The predicted molar refractivity (Wildman–Crippen MR) is 44.6 cm³/mol. The second kappa shape index (κ2) is 3.82. The third-order valence-corrected chi connectivity index (χ3v) is 1.44. The smallest absolute Gasteiger partial charge is 0.211 e. The minimum atomic E-state index is -0.574. The highest BCUT2D eigenvalue weighted by molar-refractivity contribution is 5.70. The molecule has 1 unspecified atom stereocenters. The van der Waals surface area contributed by atoms with Crippen LogP contribution in [-0.2, 0) is 4.79 Å². The van der Waals surface area contributed by atoms with Crippen LogP contribution in [0.25, 0.3) is 0 Å². The van der Waals surface area contributed by atoms with Crippen LogP contribution in [-0.4, -0.2) is 16.5 Å². The Labute approximate surface area is 70.3 Å². The molecule has 64 valence electrons. The second-order valence-electron chi connectivity index (χ2n) is 2.41. The van der Waals surface area contributed by atoms with Crippen molar-refractivity contribution in [2.45, 2.75) is 13.0 Å². The number of carbonyl (C=O) groups is 1. The van der Waals surface area contributed by atoms with Gasteiger partial charge < -0.3 is 10.4 Å². The van der Waals surface area contributed by atoms with Gasteiger partial charge in [0.25, 0.3) is 0 Å². The van der Waals surface area contributed by atoms with Gasteiger partial charge in [0.1, 0.15) is 0 Å². The fourth-order valence-corrected chi connectivity index (χ4v) is 0.806. The summed E-state index contributed by atoms with van der Waals surface area (Å²) < 4.78 is 0. The number of aromatic nitrogens is 1. The number of pyridine rings is 1. The average Bonchev–Trinajstić information content (AvgIpc) is 2.06. The molecule has 1 aromatic heterocycles. The molecule has 1 aromatic rings. The third kappa shape index (κ3) is 2.03. The van der Waals surface area contributed by atoms with E-state index in [1.54, 1.807) is 19.1 Å². The number of hydrogen-bond donors (Lipinski definition) is 2. The van der Waals surface area contributed by atoms with E-state index in [9.17, 15) is 4.79 Å². The van der Waals surface area contributed by atoms with Crippen LogP contribution in [0, 0.1) is 0 Å². The number of amides is 1. The molecule has 0 radical (unpaired) electrons. The lowest BCUT2D eigenvalue weighted by Gasteiger charge is -2.03. The number of aliphatic hydroxyl groups excluding tert-OH is 1. The SMILES string of the molecule is CC(O)c1ccc(NC=O)cn1. The fraction of sp³-hybridized carbons (Fsp3) is 0.250. The number of rotatable bonds is 3. The van der Waals surface area contributed by atoms with Gasteiger partial charge in [-0.2, -0.15) is 0 Å². The number of anilines is 1. The molecule has 12 heavy (non-hydrogen) atoms. The Hall–Kier alpha value is -1.42. The molecular weight excluding hydrogens is 156 g/mol. The first-order chi connectivity index (χ1) is 5.74. The summed E-state index contributed by atoms with van der Waals surface area (Å²) in [6.45, 7) is 1.63. The normalized spacial score (nSPS) is 12.2. The average molecular weight is 166 g/mol. The molecule has 0 spiro atoms. The summed E-state index contributed by atoms with van der Waals surface area (Å²) >= 11 is 0. The van der Waals surface area contributed by atoms with E-state index in [1.807, 2.05) is 0 Å². The summed E-state index contributed by atoms with van der Waals surface area (Å²) in [4.78, 5) is 13.9. The highest BCUT2D eigenvalue weighted by Crippen LogP contribution is 2.11. The van der Waals surface area contributed by atoms with Gasteiger partial charge in [-0.1, -0.05) is 0 Å². The first-order valence-electron chi connectivity index (χ1n) is 3.58. The minimum absolute atomic E-state index is 0.574. The Morgan fingerprint density at radius 3 is 2.83 bits per heavy atom. The van der Waals surface area contributed by atoms with E-state index >= 15 is 0 Å². The van der Waals surface area contributed by atoms with Crippen LogP contribution >= 0.6 is 0 Å². The maximum Gasteiger partial charge on any atom is 0.211 e. The molecule has 0 aromatic carbocycles. The van der Waals surface area contributed by atoms with Crippen LogP contribution in [0.2, 0.25) is 0 Å². The molecule has 0 bridgehead atoms. The zero-order valence-electron chi connectivity index (χ0n) is 6.69. The van der Waals surface area contributed by atoms with Gasteiger partial charge in [0.15, 0.2) is 0 Å². The van der Waals surface area contributed by atoms with Gasteiger partial charge in [0.05, 0.1) is 23.7 Å². The standard InChI is InChI=1S/C8H10N2O2/c1-6(12)8-3-2-7(4-9-8)10-5-11/h2-6,12H,1H3,(H,10,11). The van der Waals surface area contributed by atoms with Crippen LogP contribution < -0.4 is 5.32 Å².